The molecule has 4 rings (SSSR count). The third kappa shape index (κ3) is 7.14. The zero-order valence-electron chi connectivity index (χ0n) is 24.4. The van der Waals surface area contributed by atoms with Crippen LogP contribution in [0, 0.1) is 6.92 Å². The second-order valence-electron chi connectivity index (χ2n) is 10.9. The van der Waals surface area contributed by atoms with Crippen LogP contribution in [-0.2, 0) is 28.6 Å². The molecule has 2 heterocycles. The van der Waals surface area contributed by atoms with E-state index < -0.39 is 25.2 Å². The average molecular weight is 599 g/mol. The largest absolute Gasteiger partial charge is 0.456 e. The zero-order chi connectivity index (χ0) is 30.6. The highest BCUT2D eigenvalue weighted by atomic mass is 31.2. The smallest absolute Gasteiger partial charge is 0.333 e. The van der Waals surface area contributed by atoms with Gasteiger partial charge in [0, 0.05) is 62.5 Å². The van der Waals surface area contributed by atoms with Crippen LogP contribution in [0.15, 0.2) is 40.8 Å². The number of hydroxylamine groups is 2. The van der Waals surface area contributed by atoms with Crippen LogP contribution >= 0.6 is 7.37 Å². The van der Waals surface area contributed by atoms with Gasteiger partial charge in [-0.05, 0) is 37.5 Å². The molecule has 224 valence electrons. The molecule has 11 nitrogen and oxygen atoms in total. The summed E-state index contributed by atoms with van der Waals surface area (Å²) in [6, 6.07) is 11.0. The highest BCUT2D eigenvalue weighted by molar-refractivity contribution is 7.67. The molecule has 1 aliphatic carbocycles. The summed E-state index contributed by atoms with van der Waals surface area (Å²) in [4.78, 5) is 65.6. The minimum Gasteiger partial charge on any atom is -0.456 e. The number of nitrogens with zero attached hydrogens (tertiary/aromatic N) is 3. The van der Waals surface area contributed by atoms with E-state index in [0.29, 0.717) is 58.5 Å². The van der Waals surface area contributed by atoms with E-state index in [2.05, 4.69) is 0 Å². The van der Waals surface area contributed by atoms with Crippen molar-refractivity contribution in [3.8, 4) is 11.3 Å². The monoisotopic (exact) mass is 598 g/mol. The summed E-state index contributed by atoms with van der Waals surface area (Å²) in [6.07, 6.45) is 1.51. The third-order valence-electron chi connectivity index (χ3n) is 7.33. The fourth-order valence-electron chi connectivity index (χ4n) is 4.89. The molecule has 3 amide bonds. The number of amides is 3. The first-order valence-corrected chi connectivity index (χ1v) is 15.8. The number of carbonyl (C=O) groups excluding carboxylic acids is 4. The van der Waals surface area contributed by atoms with Gasteiger partial charge in [0.15, 0.2) is 0 Å². The van der Waals surface area contributed by atoms with Gasteiger partial charge in [0.2, 0.25) is 18.6 Å². The van der Waals surface area contributed by atoms with Crippen molar-refractivity contribution in [2.45, 2.75) is 51.9 Å². The van der Waals surface area contributed by atoms with Crippen molar-refractivity contribution in [3.05, 3.63) is 47.3 Å². The van der Waals surface area contributed by atoms with Crippen molar-refractivity contribution in [1.82, 2.24) is 14.5 Å². The van der Waals surface area contributed by atoms with Gasteiger partial charge >= 0.3 is 5.97 Å². The predicted molar refractivity (Wildman–Crippen MR) is 157 cm³/mol. The third-order valence-corrected chi connectivity index (χ3v) is 9.34. The van der Waals surface area contributed by atoms with Crippen LogP contribution in [0.4, 0.5) is 0 Å². The molecule has 42 heavy (non-hydrogen) atoms. The van der Waals surface area contributed by atoms with Gasteiger partial charge in [-0.15, -0.1) is 5.06 Å². The van der Waals surface area contributed by atoms with Crippen LogP contribution in [-0.4, -0.2) is 72.4 Å². The lowest BCUT2D eigenvalue weighted by Gasteiger charge is -2.21. The van der Waals surface area contributed by atoms with Crippen molar-refractivity contribution in [2.75, 3.05) is 33.8 Å². The lowest BCUT2D eigenvalue weighted by Crippen LogP contribution is -2.32. The number of fused-ring (bicyclic) bond motifs is 2. The summed E-state index contributed by atoms with van der Waals surface area (Å²) in [7, 11) is 1.47. The maximum Gasteiger partial charge on any atom is 0.333 e. The Kier molecular flexibility index (Phi) is 9.64. The summed E-state index contributed by atoms with van der Waals surface area (Å²) in [5, 5.41) is 2.27. The molecule has 0 radical (unpaired) electrons. The van der Waals surface area contributed by atoms with Gasteiger partial charge in [-0.2, -0.15) is 0 Å². The van der Waals surface area contributed by atoms with Gasteiger partial charge < -0.3 is 19.0 Å². The van der Waals surface area contributed by atoms with Gasteiger partial charge in [0.25, 0.3) is 11.8 Å². The molecule has 1 fully saturated rings. The molecule has 2 aliphatic heterocycles. The molecule has 1 N–H and O–H groups in total. The number of hydrogen-bond acceptors (Lipinski definition) is 7. The summed E-state index contributed by atoms with van der Waals surface area (Å²) < 4.78 is 21.9. The first-order chi connectivity index (χ1) is 19.9. The topological polar surface area (TPSA) is 137 Å². The van der Waals surface area contributed by atoms with E-state index in [1.54, 1.807) is 19.2 Å². The fourth-order valence-corrected chi connectivity index (χ4v) is 6.73. The predicted octanol–water partition coefficient (Wildman–Crippen LogP) is 2.79. The van der Waals surface area contributed by atoms with Crippen LogP contribution in [0.5, 0.6) is 0 Å². The van der Waals surface area contributed by atoms with Crippen LogP contribution in [0.1, 0.15) is 50.5 Å². The summed E-state index contributed by atoms with van der Waals surface area (Å²) >= 11 is 0. The molecule has 0 spiro atoms. The first kappa shape index (κ1) is 31.1. The molecular weight excluding hydrogens is 561 g/mol. The summed E-state index contributed by atoms with van der Waals surface area (Å²) in [6.45, 7) is 2.34. The minimum absolute atomic E-state index is 0.0449. The van der Waals surface area contributed by atoms with Crippen LogP contribution in [0.3, 0.4) is 0 Å². The van der Waals surface area contributed by atoms with Crippen molar-refractivity contribution in [1.29, 1.82) is 0 Å². The molecule has 0 aromatic heterocycles. The molecule has 1 atom stereocenters. The van der Waals surface area contributed by atoms with Crippen LogP contribution < -0.4 is 15.2 Å². The number of unbranched alkanes of at least 4 members (excludes halogenated alkanes) is 2. The fraction of sp³-hybridized carbons (Fsp3) is 0.433. The van der Waals surface area contributed by atoms with E-state index in [0.717, 1.165) is 10.9 Å². The van der Waals surface area contributed by atoms with Crippen molar-refractivity contribution in [3.63, 3.8) is 0 Å². The normalized spacial score (nSPS) is 14.8. The lowest BCUT2D eigenvalue weighted by molar-refractivity contribution is -0.197. The Balaban J connectivity index is 1.35. The number of carbonyl (C=O) groups is 4. The van der Waals surface area contributed by atoms with Crippen molar-refractivity contribution in [2.24, 2.45) is 0 Å². The second-order valence-corrected chi connectivity index (χ2v) is 13.2. The highest BCUT2D eigenvalue weighted by Gasteiger charge is 2.33. The Morgan fingerprint density at radius 3 is 2.45 bits per heavy atom. The maximum absolute atomic E-state index is 13.8. The Morgan fingerprint density at radius 1 is 1.05 bits per heavy atom. The highest BCUT2D eigenvalue weighted by Crippen LogP contribution is 2.46. The van der Waals surface area contributed by atoms with E-state index in [4.69, 9.17) is 9.25 Å². The Bertz CT molecular complexity index is 1610. The first-order valence-electron chi connectivity index (χ1n) is 14.0. The minimum atomic E-state index is -3.98. The summed E-state index contributed by atoms with van der Waals surface area (Å²) in [5.74, 6) is -1.44. The molecule has 0 bridgehead atoms. The van der Waals surface area contributed by atoms with Gasteiger partial charge in [-0.1, -0.05) is 18.6 Å². The molecule has 1 aromatic rings. The lowest BCUT2D eigenvalue weighted by atomic mass is 10.1. The number of imide groups is 1. The molecule has 1 unspecified atom stereocenters. The molecule has 1 aromatic carbocycles. The van der Waals surface area contributed by atoms with Gasteiger partial charge in [0.05, 0.1) is 11.4 Å². The molecule has 3 aliphatic rings. The molecule has 1 saturated heterocycles. The van der Waals surface area contributed by atoms with Gasteiger partial charge in [0.1, 0.15) is 25.4 Å². The van der Waals surface area contributed by atoms with E-state index in [-0.39, 0.29) is 37.8 Å². The molecular formula is C30H37N3O8P+. The number of hydrogen-bond donors (Lipinski definition) is 1. The van der Waals surface area contributed by atoms with Crippen molar-refractivity contribution >= 4 is 47.3 Å². The van der Waals surface area contributed by atoms with Gasteiger partial charge in [-0.3, -0.25) is 18.9 Å². The summed E-state index contributed by atoms with van der Waals surface area (Å²) in [5.41, 5.74) is 2.01. The number of aryl methyl sites for hydroxylation is 1. The van der Waals surface area contributed by atoms with Crippen molar-refractivity contribution < 1.29 is 37.9 Å². The average Bonchev–Trinajstić information content (AvgIpc) is 3.25. The van der Waals surface area contributed by atoms with E-state index in [1.165, 1.54) is 4.90 Å². The Morgan fingerprint density at radius 2 is 1.76 bits per heavy atom. The van der Waals surface area contributed by atoms with E-state index in [9.17, 15) is 28.6 Å². The quantitative estimate of drug-likeness (QED) is 0.117. The maximum atomic E-state index is 13.8. The van der Waals surface area contributed by atoms with Gasteiger partial charge in [-0.25, -0.2) is 9.37 Å². The number of rotatable bonds is 11. The SMILES string of the molecule is Cc1ccc2c(P(=O)(O)CCC(=O)N(C)CCCCCC(=O)ON3C(=O)CCC3=O)c3ccc(=[N+](C)C)cc-3oc2c1. The van der Waals surface area contributed by atoms with E-state index >= 15 is 0 Å². The Labute approximate surface area is 244 Å². The zero-order valence-corrected chi connectivity index (χ0v) is 25.3. The standard InChI is InChI=1S/C30H36N3O8P/c1-20-9-11-22-24(18-20)40-25-19-21(31(2)3)10-12-23(25)30(22)42(38,39)17-15-26(34)32(4)16-7-5-6-8-29(37)41-33-27(35)13-14-28(33)36/h9-12,18-19H,5-8,13-17H2,1-4H3/p+1. The van der Waals surface area contributed by atoms with Crippen LogP contribution in [0.2, 0.25) is 0 Å². The van der Waals surface area contributed by atoms with E-state index in [1.807, 2.05) is 49.9 Å². The number of benzene rings is 2. The molecule has 12 heteroatoms. The Hall–Kier alpha value is -3.82. The molecule has 0 saturated carbocycles. The van der Waals surface area contributed by atoms with Crippen LogP contribution in [0.25, 0.3) is 22.3 Å². The second kappa shape index (κ2) is 13.0.